The lowest BCUT2D eigenvalue weighted by molar-refractivity contribution is -0.141. The summed E-state index contributed by atoms with van der Waals surface area (Å²) in [5.41, 5.74) is 0. The van der Waals surface area contributed by atoms with Gasteiger partial charge in [0.1, 0.15) is 6.04 Å². The molecule has 106 valence electrons. The Morgan fingerprint density at radius 2 is 2.00 bits per heavy atom. The largest absolute Gasteiger partial charge is 0.480 e. The van der Waals surface area contributed by atoms with Gasteiger partial charge in [0.05, 0.1) is 12.9 Å². The number of esters is 1. The number of sulfonamides is 1. The Hall–Kier alpha value is -1.15. The molecule has 0 aliphatic heterocycles. The highest BCUT2D eigenvalue weighted by Gasteiger charge is 2.22. The smallest absolute Gasteiger partial charge is 0.321 e. The van der Waals surface area contributed by atoms with E-state index in [1.54, 1.807) is 6.92 Å². The number of nitrogens with one attached hydrogen (secondary N) is 1. The summed E-state index contributed by atoms with van der Waals surface area (Å²) in [5.74, 6) is -1.99. The molecule has 8 heteroatoms. The van der Waals surface area contributed by atoms with E-state index in [9.17, 15) is 18.0 Å². The van der Waals surface area contributed by atoms with E-state index in [-0.39, 0.29) is 25.0 Å². The SMILES string of the molecule is CCC[C@H](NS(=O)(=O)CCCC(=O)OC)C(=O)O. The van der Waals surface area contributed by atoms with Crippen LogP contribution in [0.5, 0.6) is 0 Å². The summed E-state index contributed by atoms with van der Waals surface area (Å²) in [5, 5.41) is 8.82. The molecule has 0 aromatic carbocycles. The number of carboxylic acids is 1. The van der Waals surface area contributed by atoms with Gasteiger partial charge in [-0.2, -0.15) is 0 Å². The van der Waals surface area contributed by atoms with E-state index in [2.05, 4.69) is 9.46 Å². The van der Waals surface area contributed by atoms with E-state index in [1.807, 2.05) is 0 Å². The molecule has 0 amide bonds. The highest BCUT2D eigenvalue weighted by atomic mass is 32.2. The molecule has 0 heterocycles. The summed E-state index contributed by atoms with van der Waals surface area (Å²) in [6.07, 6.45) is 0.872. The molecule has 0 rings (SSSR count). The molecule has 2 N–H and O–H groups in total. The molecule has 0 aliphatic carbocycles. The second kappa shape index (κ2) is 8.04. The lowest BCUT2D eigenvalue weighted by Gasteiger charge is -2.13. The predicted molar refractivity (Wildman–Crippen MR) is 64.5 cm³/mol. The first-order valence-corrected chi connectivity index (χ1v) is 7.27. The molecule has 0 spiro atoms. The average Bonchev–Trinajstić information content (AvgIpc) is 2.27. The molecule has 0 fully saturated rings. The number of aliphatic carboxylic acids is 1. The van der Waals surface area contributed by atoms with Crippen LogP contribution in [-0.4, -0.2) is 44.4 Å². The molecular weight excluding hydrogens is 262 g/mol. The zero-order valence-corrected chi connectivity index (χ0v) is 11.3. The third-order valence-electron chi connectivity index (χ3n) is 2.22. The molecule has 7 nitrogen and oxygen atoms in total. The van der Waals surface area contributed by atoms with Crippen molar-refractivity contribution < 1.29 is 27.9 Å². The first kappa shape index (κ1) is 16.9. The van der Waals surface area contributed by atoms with Gasteiger partial charge in [0.2, 0.25) is 10.0 Å². The molecular formula is C10H19NO6S. The average molecular weight is 281 g/mol. The van der Waals surface area contributed by atoms with Crippen molar-refractivity contribution in [1.29, 1.82) is 0 Å². The van der Waals surface area contributed by atoms with Crippen LogP contribution < -0.4 is 4.72 Å². The summed E-state index contributed by atoms with van der Waals surface area (Å²) >= 11 is 0. The number of rotatable bonds is 9. The maximum absolute atomic E-state index is 11.6. The maximum Gasteiger partial charge on any atom is 0.321 e. The maximum atomic E-state index is 11.6. The molecule has 0 aliphatic rings. The van der Waals surface area contributed by atoms with E-state index in [0.29, 0.717) is 6.42 Å². The van der Waals surface area contributed by atoms with Crippen molar-refractivity contribution in [3.8, 4) is 0 Å². The summed E-state index contributed by atoms with van der Waals surface area (Å²) in [6.45, 7) is 1.77. The number of methoxy groups -OCH3 is 1. The van der Waals surface area contributed by atoms with Crippen molar-refractivity contribution in [2.45, 2.75) is 38.6 Å². The third kappa shape index (κ3) is 7.23. The molecule has 18 heavy (non-hydrogen) atoms. The summed E-state index contributed by atoms with van der Waals surface area (Å²) in [4.78, 5) is 21.6. The van der Waals surface area contributed by atoms with Crippen LogP contribution in [0.3, 0.4) is 0 Å². The lowest BCUT2D eigenvalue weighted by Crippen LogP contribution is -2.41. The van der Waals surface area contributed by atoms with E-state index in [1.165, 1.54) is 7.11 Å². The predicted octanol–water partition coefficient (Wildman–Crippen LogP) is 0.112. The van der Waals surface area contributed by atoms with Crippen molar-refractivity contribution >= 4 is 22.0 Å². The minimum absolute atomic E-state index is 0.0110. The fourth-order valence-electron chi connectivity index (χ4n) is 1.31. The molecule has 0 bridgehead atoms. The molecule has 0 aromatic rings. The number of hydrogen-bond acceptors (Lipinski definition) is 5. The van der Waals surface area contributed by atoms with Crippen molar-refractivity contribution in [1.82, 2.24) is 4.72 Å². The Bertz CT molecular complexity index is 378. The van der Waals surface area contributed by atoms with E-state index in [0.717, 1.165) is 0 Å². The van der Waals surface area contributed by atoms with Crippen LogP contribution in [0.25, 0.3) is 0 Å². The fourth-order valence-corrected chi connectivity index (χ4v) is 2.60. The Labute approximate surface area is 107 Å². The van der Waals surface area contributed by atoms with Gasteiger partial charge in [-0.05, 0) is 12.8 Å². The van der Waals surface area contributed by atoms with Gasteiger partial charge in [-0.3, -0.25) is 9.59 Å². The molecule has 0 aromatic heterocycles. The third-order valence-corrected chi connectivity index (χ3v) is 3.69. The topological polar surface area (TPSA) is 110 Å². The Balaban J connectivity index is 4.28. The van der Waals surface area contributed by atoms with Crippen LogP contribution in [0.2, 0.25) is 0 Å². The van der Waals surface area contributed by atoms with E-state index < -0.39 is 28.0 Å². The summed E-state index contributed by atoms with van der Waals surface area (Å²) < 4.78 is 29.6. The second-order valence-corrected chi connectivity index (χ2v) is 5.67. The van der Waals surface area contributed by atoms with Crippen LogP contribution >= 0.6 is 0 Å². The van der Waals surface area contributed by atoms with Gasteiger partial charge >= 0.3 is 11.9 Å². The van der Waals surface area contributed by atoms with Crippen LogP contribution in [0.1, 0.15) is 32.6 Å². The van der Waals surface area contributed by atoms with Crippen LogP contribution in [-0.2, 0) is 24.3 Å². The van der Waals surface area contributed by atoms with Crippen molar-refractivity contribution in [3.63, 3.8) is 0 Å². The highest BCUT2D eigenvalue weighted by Crippen LogP contribution is 2.02. The van der Waals surface area contributed by atoms with E-state index in [4.69, 9.17) is 5.11 Å². The van der Waals surface area contributed by atoms with Crippen molar-refractivity contribution in [3.05, 3.63) is 0 Å². The van der Waals surface area contributed by atoms with Gasteiger partial charge in [0, 0.05) is 6.42 Å². The minimum atomic E-state index is -3.69. The Kier molecular flexibility index (Phi) is 7.53. The zero-order chi connectivity index (χ0) is 14.2. The van der Waals surface area contributed by atoms with Gasteiger partial charge < -0.3 is 9.84 Å². The van der Waals surface area contributed by atoms with Crippen LogP contribution in [0, 0.1) is 0 Å². The summed E-state index contributed by atoms with van der Waals surface area (Å²) in [7, 11) is -2.47. The standard InChI is InChI=1S/C10H19NO6S/c1-3-5-8(10(13)14)11-18(15,16)7-4-6-9(12)17-2/h8,11H,3-7H2,1-2H3,(H,13,14)/t8-/m0/s1. The molecule has 0 saturated carbocycles. The normalized spacial score (nSPS) is 13.0. The van der Waals surface area contributed by atoms with E-state index >= 15 is 0 Å². The number of ether oxygens (including phenoxy) is 1. The number of hydrogen-bond donors (Lipinski definition) is 2. The van der Waals surface area contributed by atoms with Crippen molar-refractivity contribution in [2.75, 3.05) is 12.9 Å². The number of carboxylic acid groups (broad SMARTS) is 1. The van der Waals surface area contributed by atoms with Crippen LogP contribution in [0.15, 0.2) is 0 Å². The quantitative estimate of drug-likeness (QED) is 0.581. The fraction of sp³-hybridized carbons (Fsp3) is 0.800. The number of carbonyl (C=O) groups excluding carboxylic acids is 1. The summed E-state index contributed by atoms with van der Waals surface area (Å²) in [6, 6.07) is -1.11. The highest BCUT2D eigenvalue weighted by molar-refractivity contribution is 7.89. The molecule has 0 unspecified atom stereocenters. The van der Waals surface area contributed by atoms with Crippen LogP contribution in [0.4, 0.5) is 0 Å². The van der Waals surface area contributed by atoms with Gasteiger partial charge in [-0.1, -0.05) is 13.3 Å². The minimum Gasteiger partial charge on any atom is -0.480 e. The van der Waals surface area contributed by atoms with Gasteiger partial charge in [0.25, 0.3) is 0 Å². The number of carbonyl (C=O) groups is 2. The molecule has 0 saturated heterocycles. The van der Waals surface area contributed by atoms with Crippen molar-refractivity contribution in [2.24, 2.45) is 0 Å². The first-order chi connectivity index (χ1) is 8.32. The first-order valence-electron chi connectivity index (χ1n) is 5.62. The Morgan fingerprint density at radius 1 is 1.39 bits per heavy atom. The zero-order valence-electron chi connectivity index (χ0n) is 10.5. The van der Waals surface area contributed by atoms with Gasteiger partial charge in [-0.15, -0.1) is 0 Å². The monoisotopic (exact) mass is 281 g/mol. The molecule has 1 atom stereocenters. The Morgan fingerprint density at radius 3 is 2.44 bits per heavy atom. The molecule has 0 radical (unpaired) electrons. The lowest BCUT2D eigenvalue weighted by atomic mass is 10.2. The van der Waals surface area contributed by atoms with Gasteiger partial charge in [-0.25, -0.2) is 13.1 Å². The second-order valence-electron chi connectivity index (χ2n) is 3.80. The van der Waals surface area contributed by atoms with Gasteiger partial charge in [0.15, 0.2) is 0 Å².